The SMILES string of the molecule is NCc1cnc(C(=O)O)c(I)c1C(F)F. The summed E-state index contributed by atoms with van der Waals surface area (Å²) < 4.78 is 25.2. The van der Waals surface area contributed by atoms with Crippen molar-refractivity contribution in [2.75, 3.05) is 0 Å². The number of alkyl halides is 2. The van der Waals surface area contributed by atoms with Crippen molar-refractivity contribution in [1.29, 1.82) is 0 Å². The fraction of sp³-hybridized carbons (Fsp3) is 0.250. The molecular weight excluding hydrogens is 321 g/mol. The Kier molecular flexibility index (Phi) is 3.91. The minimum absolute atomic E-state index is 0.0574. The number of hydrogen-bond acceptors (Lipinski definition) is 3. The van der Waals surface area contributed by atoms with Gasteiger partial charge in [0, 0.05) is 18.3 Å². The van der Waals surface area contributed by atoms with E-state index in [1.807, 2.05) is 0 Å². The summed E-state index contributed by atoms with van der Waals surface area (Å²) in [4.78, 5) is 14.2. The van der Waals surface area contributed by atoms with E-state index in [-0.39, 0.29) is 26.9 Å². The second-order valence-electron chi connectivity index (χ2n) is 2.67. The molecule has 0 unspecified atom stereocenters. The number of aromatic carboxylic acids is 1. The molecule has 7 heteroatoms. The van der Waals surface area contributed by atoms with Gasteiger partial charge in [0.1, 0.15) is 0 Å². The summed E-state index contributed by atoms with van der Waals surface area (Å²) >= 11 is 1.54. The van der Waals surface area contributed by atoms with Gasteiger partial charge in [-0.25, -0.2) is 18.6 Å². The molecule has 0 fully saturated rings. The van der Waals surface area contributed by atoms with Gasteiger partial charge in [0.15, 0.2) is 5.69 Å². The molecule has 0 aliphatic heterocycles. The lowest BCUT2D eigenvalue weighted by Gasteiger charge is -2.10. The van der Waals surface area contributed by atoms with E-state index in [0.717, 1.165) is 6.20 Å². The molecule has 0 aliphatic rings. The third-order valence-corrected chi connectivity index (χ3v) is 2.87. The number of carbonyl (C=O) groups is 1. The summed E-state index contributed by atoms with van der Waals surface area (Å²) in [5.74, 6) is -1.33. The zero-order chi connectivity index (χ0) is 11.6. The minimum Gasteiger partial charge on any atom is -0.476 e. The van der Waals surface area contributed by atoms with E-state index in [2.05, 4.69) is 4.98 Å². The lowest BCUT2D eigenvalue weighted by Crippen LogP contribution is -2.11. The van der Waals surface area contributed by atoms with Crippen LogP contribution in [-0.2, 0) is 6.54 Å². The summed E-state index contributed by atoms with van der Waals surface area (Å²) in [6.07, 6.45) is -1.68. The van der Waals surface area contributed by atoms with Crippen LogP contribution in [0.1, 0.15) is 28.0 Å². The van der Waals surface area contributed by atoms with Gasteiger partial charge in [-0.05, 0) is 28.2 Å². The quantitative estimate of drug-likeness (QED) is 0.830. The molecule has 0 saturated carbocycles. The highest BCUT2D eigenvalue weighted by Gasteiger charge is 2.22. The van der Waals surface area contributed by atoms with Gasteiger partial charge in [0.25, 0.3) is 6.43 Å². The number of halogens is 3. The van der Waals surface area contributed by atoms with Crippen LogP contribution < -0.4 is 5.73 Å². The topological polar surface area (TPSA) is 76.2 Å². The molecule has 0 bridgehead atoms. The van der Waals surface area contributed by atoms with Crippen molar-refractivity contribution in [2.45, 2.75) is 13.0 Å². The van der Waals surface area contributed by atoms with Crippen LogP contribution in [0.2, 0.25) is 0 Å². The fourth-order valence-corrected chi connectivity index (χ4v) is 2.04. The monoisotopic (exact) mass is 328 g/mol. The van der Waals surface area contributed by atoms with Gasteiger partial charge in [0.2, 0.25) is 0 Å². The highest BCUT2D eigenvalue weighted by Crippen LogP contribution is 2.29. The third-order valence-electron chi connectivity index (χ3n) is 1.78. The first-order valence-corrected chi connectivity index (χ1v) is 4.95. The maximum atomic E-state index is 12.6. The average Bonchev–Trinajstić information content (AvgIpc) is 2.15. The van der Waals surface area contributed by atoms with Gasteiger partial charge in [-0.15, -0.1) is 0 Å². The first kappa shape index (κ1) is 12.2. The fourth-order valence-electron chi connectivity index (χ4n) is 1.08. The number of carboxylic acids is 1. The zero-order valence-electron chi connectivity index (χ0n) is 7.38. The van der Waals surface area contributed by atoms with Crippen LogP contribution in [0.25, 0.3) is 0 Å². The van der Waals surface area contributed by atoms with E-state index in [4.69, 9.17) is 10.8 Å². The highest BCUT2D eigenvalue weighted by atomic mass is 127. The van der Waals surface area contributed by atoms with Gasteiger partial charge in [0.05, 0.1) is 3.57 Å². The molecule has 82 valence electrons. The maximum absolute atomic E-state index is 12.6. The van der Waals surface area contributed by atoms with Crippen molar-refractivity contribution in [2.24, 2.45) is 5.73 Å². The molecule has 1 heterocycles. The zero-order valence-corrected chi connectivity index (χ0v) is 9.53. The van der Waals surface area contributed by atoms with Crippen molar-refractivity contribution in [3.05, 3.63) is 26.6 Å². The number of nitrogens with two attached hydrogens (primary N) is 1. The Morgan fingerprint density at radius 3 is 2.67 bits per heavy atom. The van der Waals surface area contributed by atoms with E-state index in [1.165, 1.54) is 0 Å². The van der Waals surface area contributed by atoms with Gasteiger partial charge in [-0.3, -0.25) is 0 Å². The Balaban J connectivity index is 3.42. The van der Waals surface area contributed by atoms with Gasteiger partial charge < -0.3 is 10.8 Å². The number of carboxylic acid groups (broad SMARTS) is 1. The molecule has 15 heavy (non-hydrogen) atoms. The first-order chi connectivity index (χ1) is 6.99. The van der Waals surface area contributed by atoms with Gasteiger partial charge in [-0.1, -0.05) is 0 Å². The molecule has 3 N–H and O–H groups in total. The molecule has 4 nitrogen and oxygen atoms in total. The molecular formula is C8H7F2IN2O2. The largest absolute Gasteiger partial charge is 0.476 e. The smallest absolute Gasteiger partial charge is 0.355 e. The summed E-state index contributed by atoms with van der Waals surface area (Å²) in [7, 11) is 0. The highest BCUT2D eigenvalue weighted by molar-refractivity contribution is 14.1. The molecule has 0 atom stereocenters. The van der Waals surface area contributed by atoms with Crippen molar-refractivity contribution in [1.82, 2.24) is 4.98 Å². The van der Waals surface area contributed by atoms with E-state index in [0.29, 0.717) is 0 Å². The number of rotatable bonds is 3. The van der Waals surface area contributed by atoms with Crippen molar-refractivity contribution < 1.29 is 18.7 Å². The maximum Gasteiger partial charge on any atom is 0.355 e. The minimum atomic E-state index is -2.75. The average molecular weight is 328 g/mol. The predicted octanol–water partition coefficient (Wildman–Crippen LogP) is 1.78. The molecule has 0 amide bonds. The van der Waals surface area contributed by atoms with Crippen molar-refractivity contribution in [3.63, 3.8) is 0 Å². The van der Waals surface area contributed by atoms with Crippen LogP contribution in [-0.4, -0.2) is 16.1 Å². The molecule has 0 spiro atoms. The summed E-state index contributed by atoms with van der Waals surface area (Å²) in [6.45, 7) is -0.0947. The van der Waals surface area contributed by atoms with Gasteiger partial charge in [-0.2, -0.15) is 0 Å². The second-order valence-corrected chi connectivity index (χ2v) is 3.75. The standard InChI is InChI=1S/C8H7F2IN2O2/c9-7(10)4-3(1-12)2-13-6(5(4)11)8(14)15/h2,7H,1,12H2,(H,14,15). The molecule has 0 aliphatic carbocycles. The van der Waals surface area contributed by atoms with Crippen LogP contribution in [0.4, 0.5) is 8.78 Å². The van der Waals surface area contributed by atoms with E-state index in [9.17, 15) is 13.6 Å². The second kappa shape index (κ2) is 4.79. The van der Waals surface area contributed by atoms with Crippen molar-refractivity contribution in [3.8, 4) is 0 Å². The predicted molar refractivity (Wildman–Crippen MR) is 56.8 cm³/mol. The molecule has 0 saturated heterocycles. The lowest BCUT2D eigenvalue weighted by molar-refractivity contribution is 0.0688. The summed E-state index contributed by atoms with van der Waals surface area (Å²) in [5.41, 5.74) is 4.71. The third kappa shape index (κ3) is 2.40. The molecule has 1 rings (SSSR count). The van der Waals surface area contributed by atoms with E-state index >= 15 is 0 Å². The van der Waals surface area contributed by atoms with Crippen LogP contribution in [0.3, 0.4) is 0 Å². The Morgan fingerprint density at radius 1 is 1.67 bits per heavy atom. The molecule has 0 aromatic carbocycles. The Bertz CT molecular complexity index is 398. The van der Waals surface area contributed by atoms with E-state index < -0.39 is 12.4 Å². The number of nitrogens with zero attached hydrogens (tertiary/aromatic N) is 1. The van der Waals surface area contributed by atoms with E-state index in [1.54, 1.807) is 22.6 Å². The molecule has 0 radical (unpaired) electrons. The number of hydrogen-bond donors (Lipinski definition) is 2. The van der Waals surface area contributed by atoms with Crippen molar-refractivity contribution >= 4 is 28.6 Å². The first-order valence-electron chi connectivity index (χ1n) is 3.87. The van der Waals surface area contributed by atoms with Crippen LogP contribution in [0, 0.1) is 3.57 Å². The number of pyridine rings is 1. The van der Waals surface area contributed by atoms with Gasteiger partial charge >= 0.3 is 5.97 Å². The van der Waals surface area contributed by atoms with Crippen LogP contribution in [0.15, 0.2) is 6.20 Å². The summed E-state index contributed by atoms with van der Waals surface area (Å²) in [5, 5.41) is 8.69. The lowest BCUT2D eigenvalue weighted by atomic mass is 10.1. The normalized spacial score (nSPS) is 10.7. The Hall–Kier alpha value is -0.830. The summed E-state index contributed by atoms with van der Waals surface area (Å²) in [6, 6.07) is 0. The Morgan fingerprint density at radius 2 is 2.27 bits per heavy atom. The molecule has 1 aromatic heterocycles. The van der Waals surface area contributed by atoms with Crippen LogP contribution in [0.5, 0.6) is 0 Å². The van der Waals surface area contributed by atoms with Crippen LogP contribution >= 0.6 is 22.6 Å². The molecule has 1 aromatic rings. The Labute approximate surface area is 97.6 Å². The number of aromatic nitrogens is 1.